The summed E-state index contributed by atoms with van der Waals surface area (Å²) >= 11 is 0. The molecule has 0 saturated heterocycles. The van der Waals surface area contributed by atoms with E-state index in [1.165, 1.54) is 13.8 Å². The fraction of sp³-hybridized carbons (Fsp3) is 0.667. The molecule has 0 aliphatic carbocycles. The number of hydrogen-bond donors (Lipinski definition) is 4. The van der Waals surface area contributed by atoms with Crippen LogP contribution in [-0.2, 0) is 19.2 Å². The monoisotopic (exact) mass is 290 g/mol. The first-order chi connectivity index (χ1) is 9.13. The smallest absolute Gasteiger partial charge is 0.310 e. The Morgan fingerprint density at radius 2 is 1.35 bits per heavy atom. The van der Waals surface area contributed by atoms with Crippen molar-refractivity contribution < 1.29 is 39.6 Å². The minimum Gasteiger partial charge on any atom is -0.481 e. The molecule has 0 saturated carbocycles. The second kappa shape index (κ2) is 6.88. The minimum atomic E-state index is -1.82. The van der Waals surface area contributed by atoms with E-state index in [1.54, 1.807) is 0 Å². The third-order valence-electron chi connectivity index (χ3n) is 3.66. The van der Waals surface area contributed by atoms with Crippen LogP contribution in [0.3, 0.4) is 0 Å². The molecule has 0 spiro atoms. The number of aliphatic carboxylic acids is 4. The summed E-state index contributed by atoms with van der Waals surface area (Å²) in [6.07, 6.45) is -1.17. The van der Waals surface area contributed by atoms with E-state index < -0.39 is 47.5 Å². The molecule has 0 aliphatic heterocycles. The molecule has 0 bridgehead atoms. The lowest BCUT2D eigenvalue weighted by Crippen LogP contribution is -2.48. The van der Waals surface area contributed by atoms with Crippen molar-refractivity contribution in [3.8, 4) is 0 Å². The van der Waals surface area contributed by atoms with E-state index in [0.717, 1.165) is 0 Å². The van der Waals surface area contributed by atoms with Crippen LogP contribution >= 0.6 is 0 Å². The number of rotatable bonds is 9. The van der Waals surface area contributed by atoms with Gasteiger partial charge in [0.1, 0.15) is 0 Å². The van der Waals surface area contributed by atoms with Crippen molar-refractivity contribution in [2.75, 3.05) is 0 Å². The zero-order valence-electron chi connectivity index (χ0n) is 11.2. The van der Waals surface area contributed by atoms with Crippen molar-refractivity contribution >= 4 is 23.9 Å². The third-order valence-corrected chi connectivity index (χ3v) is 3.66. The Labute approximate surface area is 115 Å². The van der Waals surface area contributed by atoms with Crippen molar-refractivity contribution in [2.45, 2.75) is 33.1 Å². The zero-order valence-corrected chi connectivity index (χ0v) is 11.2. The Hall–Kier alpha value is -2.12. The number of carboxylic acid groups (broad SMARTS) is 4. The summed E-state index contributed by atoms with van der Waals surface area (Å²) in [7, 11) is 0. The first-order valence-electron chi connectivity index (χ1n) is 6.04. The summed E-state index contributed by atoms with van der Waals surface area (Å²) in [6.45, 7) is 2.88. The molecule has 8 heteroatoms. The summed E-state index contributed by atoms with van der Waals surface area (Å²) in [6, 6.07) is 0. The second-order valence-corrected chi connectivity index (χ2v) is 4.53. The standard InChI is InChI=1S/C12H18O8/c1-3-12(4-2,11(19)20)8(10(17)18)6(9(15)16)5-7(13)14/h6,8H,3-5H2,1-2H3,(H,13,14)(H,15,16)(H,17,18)(H,19,20). The molecule has 2 unspecified atom stereocenters. The normalized spacial score (nSPS) is 14.3. The van der Waals surface area contributed by atoms with Crippen molar-refractivity contribution in [1.82, 2.24) is 0 Å². The van der Waals surface area contributed by atoms with Gasteiger partial charge in [0.25, 0.3) is 0 Å². The molecule has 0 aliphatic rings. The van der Waals surface area contributed by atoms with E-state index in [2.05, 4.69) is 0 Å². The molecule has 8 nitrogen and oxygen atoms in total. The summed E-state index contributed by atoms with van der Waals surface area (Å²) in [5, 5.41) is 36.3. The SMILES string of the molecule is CCC(CC)(C(=O)O)C(C(=O)O)C(CC(=O)O)C(=O)O. The molecule has 0 aromatic rings. The van der Waals surface area contributed by atoms with Crippen LogP contribution in [0, 0.1) is 17.3 Å². The van der Waals surface area contributed by atoms with E-state index in [4.69, 9.17) is 10.2 Å². The highest BCUT2D eigenvalue weighted by molar-refractivity contribution is 5.89. The Kier molecular flexibility index (Phi) is 6.15. The molecule has 0 aromatic heterocycles. The van der Waals surface area contributed by atoms with Gasteiger partial charge in [0, 0.05) is 0 Å². The van der Waals surface area contributed by atoms with Gasteiger partial charge in [-0.1, -0.05) is 13.8 Å². The van der Waals surface area contributed by atoms with Gasteiger partial charge in [0.15, 0.2) is 0 Å². The van der Waals surface area contributed by atoms with Crippen LogP contribution in [0.4, 0.5) is 0 Å². The fourth-order valence-electron chi connectivity index (χ4n) is 2.45. The van der Waals surface area contributed by atoms with Crippen molar-refractivity contribution in [1.29, 1.82) is 0 Å². The summed E-state index contributed by atoms with van der Waals surface area (Å²) in [5.41, 5.74) is -1.82. The molecule has 0 radical (unpaired) electrons. The summed E-state index contributed by atoms with van der Waals surface area (Å²) < 4.78 is 0. The molecule has 0 aromatic carbocycles. The van der Waals surface area contributed by atoms with Gasteiger partial charge < -0.3 is 20.4 Å². The largest absolute Gasteiger partial charge is 0.481 e. The maximum Gasteiger partial charge on any atom is 0.310 e. The van der Waals surface area contributed by atoms with E-state index in [9.17, 15) is 29.4 Å². The molecule has 20 heavy (non-hydrogen) atoms. The van der Waals surface area contributed by atoms with Crippen LogP contribution in [0.2, 0.25) is 0 Å². The summed E-state index contributed by atoms with van der Waals surface area (Å²) in [4.78, 5) is 44.7. The van der Waals surface area contributed by atoms with Crippen molar-refractivity contribution in [2.24, 2.45) is 17.3 Å². The molecule has 114 valence electrons. The first kappa shape index (κ1) is 17.9. The van der Waals surface area contributed by atoms with E-state index in [0.29, 0.717) is 0 Å². The third kappa shape index (κ3) is 3.46. The van der Waals surface area contributed by atoms with Gasteiger partial charge >= 0.3 is 23.9 Å². The second-order valence-electron chi connectivity index (χ2n) is 4.53. The van der Waals surface area contributed by atoms with E-state index >= 15 is 0 Å². The number of carboxylic acids is 4. The quantitative estimate of drug-likeness (QED) is 0.486. The van der Waals surface area contributed by atoms with Crippen LogP contribution in [0.25, 0.3) is 0 Å². The Morgan fingerprint density at radius 3 is 1.55 bits per heavy atom. The molecular weight excluding hydrogens is 272 g/mol. The minimum absolute atomic E-state index is 0.112. The van der Waals surface area contributed by atoms with Gasteiger partial charge in [-0.3, -0.25) is 19.2 Å². The molecule has 0 amide bonds. The van der Waals surface area contributed by atoms with Crippen LogP contribution in [-0.4, -0.2) is 44.3 Å². The van der Waals surface area contributed by atoms with Crippen LogP contribution in [0.15, 0.2) is 0 Å². The predicted octanol–water partition coefficient (Wildman–Crippen LogP) is 0.754. The lowest BCUT2D eigenvalue weighted by atomic mass is 9.65. The van der Waals surface area contributed by atoms with Gasteiger partial charge in [0.05, 0.1) is 23.7 Å². The van der Waals surface area contributed by atoms with Gasteiger partial charge in [-0.15, -0.1) is 0 Å². The predicted molar refractivity (Wildman–Crippen MR) is 65.2 cm³/mol. The highest BCUT2D eigenvalue weighted by Crippen LogP contribution is 2.41. The topological polar surface area (TPSA) is 149 Å². The van der Waals surface area contributed by atoms with Crippen molar-refractivity contribution in [3.05, 3.63) is 0 Å². The molecule has 2 atom stereocenters. The molecular formula is C12H18O8. The lowest BCUT2D eigenvalue weighted by Gasteiger charge is -2.35. The average Bonchev–Trinajstić information content (AvgIpc) is 2.32. The van der Waals surface area contributed by atoms with Crippen LogP contribution < -0.4 is 0 Å². The molecule has 0 fully saturated rings. The van der Waals surface area contributed by atoms with Gasteiger partial charge in [0.2, 0.25) is 0 Å². The first-order valence-corrected chi connectivity index (χ1v) is 6.04. The van der Waals surface area contributed by atoms with Gasteiger partial charge in [-0.05, 0) is 12.8 Å². The molecule has 0 rings (SSSR count). The molecule has 0 heterocycles. The van der Waals surface area contributed by atoms with Crippen molar-refractivity contribution in [3.63, 3.8) is 0 Å². The highest BCUT2D eigenvalue weighted by atomic mass is 16.4. The van der Waals surface area contributed by atoms with Gasteiger partial charge in [-0.2, -0.15) is 0 Å². The van der Waals surface area contributed by atoms with Crippen LogP contribution in [0.5, 0.6) is 0 Å². The number of carbonyl (C=O) groups is 4. The fourth-order valence-corrected chi connectivity index (χ4v) is 2.45. The Bertz CT molecular complexity index is 410. The summed E-state index contributed by atoms with van der Waals surface area (Å²) in [5.74, 6) is -9.80. The zero-order chi connectivity index (χ0) is 16.1. The van der Waals surface area contributed by atoms with E-state index in [-0.39, 0.29) is 12.8 Å². The maximum absolute atomic E-state index is 11.4. The Balaban J connectivity index is 5.92. The molecule has 4 N–H and O–H groups in total. The van der Waals surface area contributed by atoms with E-state index in [1.807, 2.05) is 0 Å². The van der Waals surface area contributed by atoms with Crippen LogP contribution in [0.1, 0.15) is 33.1 Å². The van der Waals surface area contributed by atoms with Gasteiger partial charge in [-0.25, -0.2) is 0 Å². The highest BCUT2D eigenvalue weighted by Gasteiger charge is 2.53. The lowest BCUT2D eigenvalue weighted by molar-refractivity contribution is -0.173. The Morgan fingerprint density at radius 1 is 0.900 bits per heavy atom. The maximum atomic E-state index is 11.4. The average molecular weight is 290 g/mol. The number of hydrogen-bond acceptors (Lipinski definition) is 4.